The van der Waals surface area contributed by atoms with Crippen LogP contribution in [0.5, 0.6) is 0 Å². The summed E-state index contributed by atoms with van der Waals surface area (Å²) in [6.07, 6.45) is 81.7. The van der Waals surface area contributed by atoms with Gasteiger partial charge >= 0.3 is 39.5 Å². The Bertz CT molecular complexity index is 2410. The normalized spacial score (nSPS) is 14.5. The zero-order valence-electron chi connectivity index (χ0n) is 64.0. The Morgan fingerprint density at radius 1 is 0.284 bits per heavy atom. The van der Waals surface area contributed by atoms with Crippen LogP contribution in [0.4, 0.5) is 0 Å². The van der Waals surface area contributed by atoms with Crippen LogP contribution in [-0.2, 0) is 65.4 Å². The molecule has 19 heteroatoms. The lowest BCUT2D eigenvalue weighted by atomic mass is 10.1. The number of carbonyl (C=O) groups is 4. The minimum atomic E-state index is -4.99. The SMILES string of the molecule is CC/C=C\C/C=C\C/C=C\C/C=C\C/C=C\CCCCCC(=O)OC[C@H](COP(=O)(O)OC[C@@H](O)COP(=O)(O)OC[C@@H](COC(=O)CCCCCCC/C=C\C/C=C\CCCCC)OC(=O)CCCCCCC/C=C\C/C=C\CCCCC)OC(=O)CCCCCCC/C=C\CCCCCC. The van der Waals surface area contributed by atoms with Crippen LogP contribution in [0.2, 0.25) is 0 Å². The van der Waals surface area contributed by atoms with Gasteiger partial charge in [-0.25, -0.2) is 9.13 Å². The highest BCUT2D eigenvalue weighted by atomic mass is 31.2. The van der Waals surface area contributed by atoms with Crippen LogP contribution in [0.15, 0.2) is 122 Å². The van der Waals surface area contributed by atoms with E-state index in [0.29, 0.717) is 25.7 Å². The van der Waals surface area contributed by atoms with E-state index in [4.69, 9.17) is 37.0 Å². The van der Waals surface area contributed by atoms with E-state index >= 15 is 0 Å². The van der Waals surface area contributed by atoms with E-state index in [-0.39, 0.29) is 25.7 Å². The second-order valence-corrected chi connectivity index (χ2v) is 29.2. The molecule has 0 spiro atoms. The molecule has 0 aliphatic carbocycles. The number of rotatable bonds is 74. The van der Waals surface area contributed by atoms with Crippen LogP contribution in [0.3, 0.4) is 0 Å². The molecule has 586 valence electrons. The van der Waals surface area contributed by atoms with Gasteiger partial charge in [-0.3, -0.25) is 37.3 Å². The number of aliphatic hydroxyl groups is 1. The molecule has 0 aromatic heterocycles. The molecule has 0 aromatic carbocycles. The molecule has 0 radical (unpaired) electrons. The molecule has 0 amide bonds. The molecule has 0 heterocycles. The van der Waals surface area contributed by atoms with Crippen molar-refractivity contribution in [3.8, 4) is 0 Å². The first-order chi connectivity index (χ1) is 49.7. The first-order valence-electron chi connectivity index (χ1n) is 39.8. The highest BCUT2D eigenvalue weighted by Crippen LogP contribution is 2.45. The Balaban J connectivity index is 5.40. The van der Waals surface area contributed by atoms with Crippen molar-refractivity contribution >= 4 is 39.5 Å². The van der Waals surface area contributed by atoms with Gasteiger partial charge in [0.15, 0.2) is 12.2 Å². The molecule has 0 aliphatic heterocycles. The average Bonchev–Trinajstić information content (AvgIpc) is 0.908. The molecule has 0 fully saturated rings. The molecule has 0 aromatic rings. The Kier molecular flexibility index (Phi) is 71.4. The summed E-state index contributed by atoms with van der Waals surface area (Å²) >= 11 is 0. The van der Waals surface area contributed by atoms with Crippen molar-refractivity contribution in [1.82, 2.24) is 0 Å². The topological polar surface area (TPSA) is 237 Å². The van der Waals surface area contributed by atoms with Gasteiger partial charge in [-0.15, -0.1) is 0 Å². The highest BCUT2D eigenvalue weighted by molar-refractivity contribution is 7.47. The van der Waals surface area contributed by atoms with E-state index in [0.717, 1.165) is 180 Å². The number of allylic oxidation sites excluding steroid dienone is 20. The number of phosphoric acid groups is 2. The van der Waals surface area contributed by atoms with Gasteiger partial charge in [-0.1, -0.05) is 258 Å². The van der Waals surface area contributed by atoms with Crippen LogP contribution in [0, 0.1) is 0 Å². The van der Waals surface area contributed by atoms with Gasteiger partial charge in [-0.2, -0.15) is 0 Å². The number of ether oxygens (including phenoxy) is 4. The number of aliphatic hydroxyl groups excluding tert-OH is 1. The first-order valence-corrected chi connectivity index (χ1v) is 42.8. The fourth-order valence-electron chi connectivity index (χ4n) is 10.3. The van der Waals surface area contributed by atoms with E-state index in [1.54, 1.807) is 0 Å². The van der Waals surface area contributed by atoms with E-state index in [9.17, 15) is 43.2 Å². The van der Waals surface area contributed by atoms with Crippen LogP contribution in [0.1, 0.15) is 323 Å². The largest absolute Gasteiger partial charge is 0.472 e. The second-order valence-electron chi connectivity index (χ2n) is 26.3. The summed E-state index contributed by atoms with van der Waals surface area (Å²) in [7, 11) is -9.98. The van der Waals surface area contributed by atoms with Gasteiger partial charge in [-0.05, 0) is 161 Å². The molecular weight excluding hydrogens is 1330 g/mol. The van der Waals surface area contributed by atoms with E-state index < -0.39 is 97.5 Å². The number of hydrogen-bond donors (Lipinski definition) is 3. The lowest BCUT2D eigenvalue weighted by Crippen LogP contribution is -2.30. The third-order valence-electron chi connectivity index (χ3n) is 16.4. The molecule has 0 saturated carbocycles. The quantitative estimate of drug-likeness (QED) is 0.0169. The first kappa shape index (κ1) is 97.5. The molecule has 0 rings (SSSR count). The van der Waals surface area contributed by atoms with Gasteiger partial charge < -0.3 is 33.8 Å². The van der Waals surface area contributed by atoms with Crippen molar-refractivity contribution in [3.05, 3.63) is 122 Å². The summed E-state index contributed by atoms with van der Waals surface area (Å²) in [6.45, 7) is 4.63. The predicted octanol–water partition coefficient (Wildman–Crippen LogP) is 23.1. The van der Waals surface area contributed by atoms with Crippen molar-refractivity contribution in [2.45, 2.75) is 341 Å². The number of phosphoric ester groups is 2. The fourth-order valence-corrected chi connectivity index (χ4v) is 11.9. The lowest BCUT2D eigenvalue weighted by molar-refractivity contribution is -0.161. The van der Waals surface area contributed by atoms with Gasteiger partial charge in [0, 0.05) is 25.7 Å². The van der Waals surface area contributed by atoms with Crippen LogP contribution >= 0.6 is 15.6 Å². The number of unbranched alkanes of at least 4 members (excludes halogenated alkanes) is 28. The zero-order valence-corrected chi connectivity index (χ0v) is 65.8. The number of hydrogen-bond acceptors (Lipinski definition) is 15. The monoisotopic (exact) mass is 1470 g/mol. The Hall–Kier alpha value is -4.54. The third kappa shape index (κ3) is 73.8. The average molecular weight is 1470 g/mol. The van der Waals surface area contributed by atoms with Crippen molar-refractivity contribution in [1.29, 1.82) is 0 Å². The molecule has 0 bridgehead atoms. The summed E-state index contributed by atoms with van der Waals surface area (Å²) in [5.74, 6) is -2.25. The lowest BCUT2D eigenvalue weighted by Gasteiger charge is -2.21. The van der Waals surface area contributed by atoms with Crippen LogP contribution in [-0.4, -0.2) is 96.7 Å². The Labute approximate surface area is 619 Å². The van der Waals surface area contributed by atoms with Gasteiger partial charge in [0.05, 0.1) is 26.4 Å². The Morgan fingerprint density at radius 3 is 0.824 bits per heavy atom. The Morgan fingerprint density at radius 2 is 0.510 bits per heavy atom. The van der Waals surface area contributed by atoms with Crippen molar-refractivity contribution in [3.63, 3.8) is 0 Å². The molecule has 5 atom stereocenters. The molecule has 17 nitrogen and oxygen atoms in total. The maximum Gasteiger partial charge on any atom is 0.472 e. The summed E-state index contributed by atoms with van der Waals surface area (Å²) in [5, 5.41) is 10.6. The fraction of sp³-hybridized carbons (Fsp3) is 0.711. The highest BCUT2D eigenvalue weighted by Gasteiger charge is 2.30. The summed E-state index contributed by atoms with van der Waals surface area (Å²) in [6, 6.07) is 0. The molecule has 3 N–H and O–H groups in total. The zero-order chi connectivity index (χ0) is 74.6. The minimum absolute atomic E-state index is 0.0739. The number of carbonyl (C=O) groups excluding carboxylic acids is 4. The molecule has 0 aliphatic rings. The molecule has 2 unspecified atom stereocenters. The van der Waals surface area contributed by atoms with Crippen LogP contribution < -0.4 is 0 Å². The van der Waals surface area contributed by atoms with E-state index in [2.05, 4.69) is 149 Å². The van der Waals surface area contributed by atoms with Crippen molar-refractivity contribution in [2.75, 3.05) is 39.6 Å². The molecular formula is C83H142O17P2. The molecule has 102 heavy (non-hydrogen) atoms. The minimum Gasteiger partial charge on any atom is -0.462 e. The maximum atomic E-state index is 13.1. The molecule has 0 saturated heterocycles. The van der Waals surface area contributed by atoms with Gasteiger partial charge in [0.1, 0.15) is 19.3 Å². The van der Waals surface area contributed by atoms with Crippen molar-refractivity contribution < 1.29 is 80.2 Å². The standard InChI is InChI=1S/C83H142O17P2/c1-5-9-13-17-21-25-29-33-36-37-38-39-42-45-48-52-56-60-64-68-81(86)94-73-78(99-82(87)69-65-61-57-53-49-43-32-28-24-20-16-12-8-4)75-97-101(89,90)95-71-77(84)72-96-102(91,92)98-76-79(100-83(88)70-66-62-58-54-50-46-41-35-31-27-23-19-15-11-7-3)74-93-80(85)67-63-59-55-51-47-44-40-34-30-26-22-18-14-10-6-2/h9,13,21-23,25-28,32-36,38-41,45,48,77-79,84H,5-8,10-12,14-20,24,29-31,37,42-44,46-47,49-76H2,1-4H3,(H,89,90)(H,91,92)/b13-9-,25-21-,26-22-,27-23-,32-28-,36-33-,39-38-,40-34-,41-35-,48-45-/t77-,78-,79-/m1/s1. The van der Waals surface area contributed by atoms with Crippen molar-refractivity contribution in [2.24, 2.45) is 0 Å². The summed E-state index contributed by atoms with van der Waals surface area (Å²) in [4.78, 5) is 73.0. The summed E-state index contributed by atoms with van der Waals surface area (Å²) in [5.41, 5.74) is 0. The van der Waals surface area contributed by atoms with Crippen LogP contribution in [0.25, 0.3) is 0 Å². The van der Waals surface area contributed by atoms with E-state index in [1.807, 2.05) is 0 Å². The number of esters is 4. The smallest absolute Gasteiger partial charge is 0.462 e. The summed E-state index contributed by atoms with van der Waals surface area (Å²) < 4.78 is 68.5. The van der Waals surface area contributed by atoms with E-state index in [1.165, 1.54) is 64.2 Å². The predicted molar refractivity (Wildman–Crippen MR) is 418 cm³/mol. The second kappa shape index (κ2) is 74.7. The van der Waals surface area contributed by atoms with Gasteiger partial charge in [0.25, 0.3) is 0 Å². The van der Waals surface area contributed by atoms with Gasteiger partial charge in [0.2, 0.25) is 0 Å². The maximum absolute atomic E-state index is 13.1. The third-order valence-corrected chi connectivity index (χ3v) is 18.3.